The summed E-state index contributed by atoms with van der Waals surface area (Å²) in [5, 5.41) is 5.08. The summed E-state index contributed by atoms with van der Waals surface area (Å²) in [6, 6.07) is -0.899. The van der Waals surface area contributed by atoms with Crippen LogP contribution in [0.15, 0.2) is 0 Å². The Labute approximate surface area is 112 Å². The molecule has 19 heavy (non-hydrogen) atoms. The molecule has 1 aliphatic rings. The maximum absolute atomic E-state index is 11.6. The van der Waals surface area contributed by atoms with Gasteiger partial charge in [-0.3, -0.25) is 9.59 Å². The fourth-order valence-corrected chi connectivity index (χ4v) is 1.85. The Morgan fingerprint density at radius 3 is 2.58 bits per heavy atom. The van der Waals surface area contributed by atoms with E-state index in [4.69, 9.17) is 10.5 Å². The Morgan fingerprint density at radius 1 is 1.53 bits per heavy atom. The molecule has 1 rings (SSSR count). The van der Waals surface area contributed by atoms with Crippen molar-refractivity contribution >= 4 is 17.9 Å². The third-order valence-corrected chi connectivity index (χ3v) is 2.72. The first-order chi connectivity index (χ1) is 8.69. The Bertz CT molecular complexity index is 376. The minimum Gasteiger partial charge on any atom is -0.444 e. The van der Waals surface area contributed by atoms with Gasteiger partial charge in [-0.05, 0) is 33.6 Å². The highest BCUT2D eigenvalue weighted by molar-refractivity contribution is 5.86. The zero-order chi connectivity index (χ0) is 14.6. The Morgan fingerprint density at radius 2 is 2.16 bits per heavy atom. The molecule has 0 aromatic rings. The zero-order valence-corrected chi connectivity index (χ0v) is 11.5. The van der Waals surface area contributed by atoms with Crippen LogP contribution < -0.4 is 16.4 Å². The van der Waals surface area contributed by atoms with E-state index in [1.54, 1.807) is 20.8 Å². The summed E-state index contributed by atoms with van der Waals surface area (Å²) in [5.41, 5.74) is 4.58. The average molecular weight is 271 g/mol. The van der Waals surface area contributed by atoms with Gasteiger partial charge in [-0.2, -0.15) is 0 Å². The first-order valence-electron chi connectivity index (χ1n) is 6.25. The number of hydrogen-bond donors (Lipinski definition) is 3. The van der Waals surface area contributed by atoms with Gasteiger partial charge in [0.05, 0.1) is 0 Å². The second-order valence-corrected chi connectivity index (χ2v) is 5.61. The summed E-state index contributed by atoms with van der Waals surface area (Å²) in [6.07, 6.45) is 0.119. The van der Waals surface area contributed by atoms with Crippen molar-refractivity contribution in [2.75, 3.05) is 6.54 Å². The standard InChI is InChI=1S/C12H21N3O4/c1-12(2,3)19-11(18)15-8(9(13)16)6-7-4-5-14-10(7)17/h7-8H,4-6H2,1-3H3,(H2,13,16)(H,14,17)(H,15,18)/t7-,8-/m1/s1. The number of amides is 3. The molecule has 1 saturated heterocycles. The van der Waals surface area contributed by atoms with Gasteiger partial charge in [-0.15, -0.1) is 0 Å². The van der Waals surface area contributed by atoms with Gasteiger partial charge < -0.3 is 21.1 Å². The molecule has 108 valence electrons. The summed E-state index contributed by atoms with van der Waals surface area (Å²) in [5.74, 6) is -1.09. The number of alkyl carbamates (subject to hydrolysis) is 1. The Kier molecular flexibility index (Phi) is 4.74. The van der Waals surface area contributed by atoms with Crippen LogP contribution in [0.5, 0.6) is 0 Å². The van der Waals surface area contributed by atoms with Crippen LogP contribution in [-0.4, -0.2) is 36.1 Å². The zero-order valence-electron chi connectivity index (χ0n) is 11.5. The van der Waals surface area contributed by atoms with Crippen molar-refractivity contribution in [1.82, 2.24) is 10.6 Å². The van der Waals surface area contributed by atoms with Crippen LogP contribution in [-0.2, 0) is 14.3 Å². The van der Waals surface area contributed by atoms with Crippen molar-refractivity contribution in [1.29, 1.82) is 0 Å². The van der Waals surface area contributed by atoms with E-state index in [1.165, 1.54) is 0 Å². The molecular weight excluding hydrogens is 250 g/mol. The largest absolute Gasteiger partial charge is 0.444 e. The average Bonchev–Trinajstić information content (AvgIpc) is 2.60. The molecule has 0 bridgehead atoms. The predicted molar refractivity (Wildman–Crippen MR) is 68.1 cm³/mol. The van der Waals surface area contributed by atoms with Crippen molar-refractivity contribution in [3.8, 4) is 0 Å². The molecule has 0 aliphatic carbocycles. The van der Waals surface area contributed by atoms with E-state index in [2.05, 4.69) is 10.6 Å². The van der Waals surface area contributed by atoms with Crippen LogP contribution in [0.2, 0.25) is 0 Å². The molecule has 1 heterocycles. The van der Waals surface area contributed by atoms with E-state index in [1.807, 2.05) is 0 Å². The van der Waals surface area contributed by atoms with Crippen molar-refractivity contribution in [2.45, 2.75) is 45.3 Å². The second-order valence-electron chi connectivity index (χ2n) is 5.61. The van der Waals surface area contributed by atoms with Crippen molar-refractivity contribution in [2.24, 2.45) is 11.7 Å². The second kappa shape index (κ2) is 5.90. The fourth-order valence-electron chi connectivity index (χ4n) is 1.85. The number of nitrogens with one attached hydrogen (secondary N) is 2. The molecule has 1 fully saturated rings. The predicted octanol–water partition coefficient (Wildman–Crippen LogP) is -0.109. The maximum atomic E-state index is 11.6. The molecule has 7 nitrogen and oxygen atoms in total. The topological polar surface area (TPSA) is 111 Å². The molecule has 0 radical (unpaired) electrons. The van der Waals surface area contributed by atoms with Crippen LogP contribution >= 0.6 is 0 Å². The molecular formula is C12H21N3O4. The summed E-state index contributed by atoms with van der Waals surface area (Å²) in [4.78, 5) is 34.3. The number of nitrogens with two attached hydrogens (primary N) is 1. The van der Waals surface area contributed by atoms with Crippen LogP contribution in [0.4, 0.5) is 4.79 Å². The third kappa shape index (κ3) is 5.15. The molecule has 1 aliphatic heterocycles. The Hall–Kier alpha value is -1.79. The van der Waals surface area contributed by atoms with Gasteiger partial charge in [0, 0.05) is 12.5 Å². The van der Waals surface area contributed by atoms with Gasteiger partial charge in [0.25, 0.3) is 0 Å². The lowest BCUT2D eigenvalue weighted by atomic mass is 9.98. The van der Waals surface area contributed by atoms with E-state index in [0.717, 1.165) is 0 Å². The van der Waals surface area contributed by atoms with Gasteiger partial charge in [-0.25, -0.2) is 4.79 Å². The third-order valence-electron chi connectivity index (χ3n) is 2.72. The number of rotatable bonds is 4. The lowest BCUT2D eigenvalue weighted by molar-refractivity contribution is -0.124. The van der Waals surface area contributed by atoms with E-state index >= 15 is 0 Å². The SMILES string of the molecule is CC(C)(C)OC(=O)N[C@H](C[C@H]1CCNC1=O)C(N)=O. The van der Waals surface area contributed by atoms with Gasteiger partial charge >= 0.3 is 6.09 Å². The van der Waals surface area contributed by atoms with Gasteiger partial charge in [0.1, 0.15) is 11.6 Å². The summed E-state index contributed by atoms with van der Waals surface area (Å²) in [7, 11) is 0. The van der Waals surface area contributed by atoms with Crippen LogP contribution in [0.1, 0.15) is 33.6 Å². The van der Waals surface area contributed by atoms with Gasteiger partial charge in [-0.1, -0.05) is 0 Å². The summed E-state index contributed by atoms with van der Waals surface area (Å²) in [6.45, 7) is 5.74. The molecule has 0 aromatic carbocycles. The molecule has 2 atom stereocenters. The number of ether oxygens (including phenoxy) is 1. The number of primary amides is 1. The molecule has 7 heteroatoms. The van der Waals surface area contributed by atoms with Crippen molar-refractivity contribution in [3.63, 3.8) is 0 Å². The van der Waals surface area contributed by atoms with Gasteiger partial charge in [0.15, 0.2) is 0 Å². The molecule has 0 saturated carbocycles. The van der Waals surface area contributed by atoms with Crippen LogP contribution in [0.3, 0.4) is 0 Å². The number of hydrogen-bond acceptors (Lipinski definition) is 4. The van der Waals surface area contributed by atoms with E-state index in [9.17, 15) is 14.4 Å². The van der Waals surface area contributed by atoms with Crippen molar-refractivity contribution < 1.29 is 19.1 Å². The summed E-state index contributed by atoms with van der Waals surface area (Å²) >= 11 is 0. The minimum atomic E-state index is -0.899. The first-order valence-corrected chi connectivity index (χ1v) is 6.25. The monoisotopic (exact) mass is 271 g/mol. The number of carbonyl (C=O) groups excluding carboxylic acids is 3. The Balaban J connectivity index is 2.56. The van der Waals surface area contributed by atoms with Crippen LogP contribution in [0.25, 0.3) is 0 Å². The van der Waals surface area contributed by atoms with E-state index < -0.39 is 23.6 Å². The molecule has 0 aromatic heterocycles. The van der Waals surface area contributed by atoms with E-state index in [0.29, 0.717) is 13.0 Å². The lowest BCUT2D eigenvalue weighted by Gasteiger charge is -2.23. The highest BCUT2D eigenvalue weighted by Crippen LogP contribution is 2.16. The van der Waals surface area contributed by atoms with Crippen LogP contribution in [0, 0.1) is 5.92 Å². The highest BCUT2D eigenvalue weighted by Gasteiger charge is 2.31. The van der Waals surface area contributed by atoms with E-state index in [-0.39, 0.29) is 18.2 Å². The molecule has 0 spiro atoms. The number of carbonyl (C=O) groups is 3. The highest BCUT2D eigenvalue weighted by atomic mass is 16.6. The minimum absolute atomic E-state index is 0.114. The molecule has 0 unspecified atom stereocenters. The van der Waals surface area contributed by atoms with Crippen molar-refractivity contribution in [3.05, 3.63) is 0 Å². The fraction of sp³-hybridized carbons (Fsp3) is 0.750. The smallest absolute Gasteiger partial charge is 0.408 e. The first kappa shape index (κ1) is 15.3. The quantitative estimate of drug-likeness (QED) is 0.662. The molecule has 3 amide bonds. The lowest BCUT2D eigenvalue weighted by Crippen LogP contribution is -2.47. The maximum Gasteiger partial charge on any atom is 0.408 e. The normalized spacial score (nSPS) is 20.6. The summed E-state index contributed by atoms with van der Waals surface area (Å²) < 4.78 is 5.05. The molecule has 4 N–H and O–H groups in total. The van der Waals surface area contributed by atoms with Gasteiger partial charge in [0.2, 0.25) is 11.8 Å².